The molecule has 4 atom stereocenters. The highest BCUT2D eigenvalue weighted by Crippen LogP contribution is 2.16. The van der Waals surface area contributed by atoms with Gasteiger partial charge in [0.1, 0.15) is 35.7 Å². The predicted molar refractivity (Wildman–Crippen MR) is 128 cm³/mol. The van der Waals surface area contributed by atoms with Gasteiger partial charge in [0.25, 0.3) is 0 Å². The molecule has 0 aliphatic heterocycles. The van der Waals surface area contributed by atoms with Gasteiger partial charge in [-0.3, -0.25) is 24.0 Å². The fraction of sp³-hybridized carbons (Fsp3) is 0.667. The van der Waals surface area contributed by atoms with Gasteiger partial charge in [0.15, 0.2) is 0 Å². The summed E-state index contributed by atoms with van der Waals surface area (Å²) in [5, 5.41) is 32.3. The molecule has 0 aromatic carbocycles. The summed E-state index contributed by atoms with van der Waals surface area (Å²) in [6.45, 7) is 1.30. The van der Waals surface area contributed by atoms with Gasteiger partial charge < -0.3 is 35.5 Å². The van der Waals surface area contributed by atoms with Gasteiger partial charge in [-0.2, -0.15) is 0 Å². The molecule has 0 aliphatic carbocycles. The Kier molecular flexibility index (Phi) is 16.2. The molecular weight excluding hydrogens is 492 g/mol. The maximum Gasteiger partial charge on any atom is 0.326 e. The van der Waals surface area contributed by atoms with Crippen molar-refractivity contribution in [3.8, 4) is 0 Å². The van der Waals surface area contributed by atoms with E-state index in [0.29, 0.717) is 6.29 Å². The number of likely N-dealkylation sites (N-methyl/N-ethyl adjacent to an activating group) is 1. The lowest BCUT2D eigenvalue weighted by Crippen LogP contribution is -2.41. The largest absolute Gasteiger partial charge is 0.481 e. The monoisotopic (exact) mass is 528 g/mol. The van der Waals surface area contributed by atoms with E-state index in [1.165, 1.54) is 14.0 Å². The van der Waals surface area contributed by atoms with Crippen LogP contribution in [-0.4, -0.2) is 81.9 Å². The van der Waals surface area contributed by atoms with E-state index in [1.807, 2.05) is 0 Å². The second-order valence-corrected chi connectivity index (χ2v) is 8.91. The zero-order valence-corrected chi connectivity index (χ0v) is 21.1. The first-order valence-corrected chi connectivity index (χ1v) is 11.9. The summed E-state index contributed by atoms with van der Waals surface area (Å²) < 4.78 is 0. The number of amides is 1. The van der Waals surface area contributed by atoms with E-state index in [4.69, 9.17) is 5.11 Å². The minimum absolute atomic E-state index is 0.00420. The summed E-state index contributed by atoms with van der Waals surface area (Å²) >= 11 is 0. The van der Waals surface area contributed by atoms with Crippen molar-refractivity contribution in [3.63, 3.8) is 0 Å². The summed E-state index contributed by atoms with van der Waals surface area (Å²) in [5.74, 6) is -7.38. The molecule has 208 valence electrons. The number of hydrogen-bond acceptors (Lipinski definition) is 9. The van der Waals surface area contributed by atoms with Crippen LogP contribution in [0.2, 0.25) is 0 Å². The number of carbonyl (C=O) groups is 8. The van der Waals surface area contributed by atoms with Gasteiger partial charge in [-0.05, 0) is 39.7 Å². The fourth-order valence-corrected chi connectivity index (χ4v) is 3.52. The number of aldehydes is 1. The van der Waals surface area contributed by atoms with Gasteiger partial charge in [0, 0.05) is 44.4 Å². The summed E-state index contributed by atoms with van der Waals surface area (Å²) in [5.41, 5.74) is 0. The lowest BCUT2D eigenvalue weighted by molar-refractivity contribution is -0.145. The SMILES string of the molecule is CNC(CCC(=O)CC(C=O)CCC(=O)NC(CCC(=O)CC(CCC(C)=O)C(=O)O)C(=O)O)C(=O)O. The number of carboxylic acids is 3. The number of aliphatic carboxylic acids is 3. The number of ketones is 3. The molecule has 0 saturated carbocycles. The van der Waals surface area contributed by atoms with Gasteiger partial charge in [0.2, 0.25) is 5.91 Å². The third-order valence-electron chi connectivity index (χ3n) is 5.80. The van der Waals surface area contributed by atoms with Crippen LogP contribution in [0.1, 0.15) is 71.1 Å². The van der Waals surface area contributed by atoms with Crippen molar-refractivity contribution >= 4 is 47.5 Å². The molecule has 1 amide bonds. The van der Waals surface area contributed by atoms with Gasteiger partial charge in [-0.15, -0.1) is 0 Å². The molecule has 0 rings (SSSR count). The van der Waals surface area contributed by atoms with Gasteiger partial charge in [-0.1, -0.05) is 0 Å². The first-order chi connectivity index (χ1) is 17.3. The van der Waals surface area contributed by atoms with Crippen LogP contribution in [0.5, 0.6) is 0 Å². The van der Waals surface area contributed by atoms with Crippen molar-refractivity contribution in [1.82, 2.24) is 10.6 Å². The number of Topliss-reactive ketones (excluding diaryl/α,β-unsaturated/α-hetero) is 3. The zero-order chi connectivity index (χ0) is 28.5. The molecule has 0 aromatic rings. The number of hydrogen-bond donors (Lipinski definition) is 5. The Balaban J connectivity index is 4.67. The summed E-state index contributed by atoms with van der Waals surface area (Å²) in [7, 11) is 1.44. The van der Waals surface area contributed by atoms with Crippen LogP contribution < -0.4 is 10.6 Å². The highest BCUT2D eigenvalue weighted by Gasteiger charge is 2.25. The van der Waals surface area contributed by atoms with Crippen LogP contribution in [-0.2, 0) is 38.4 Å². The Morgan fingerprint density at radius 1 is 0.703 bits per heavy atom. The molecule has 0 aliphatic rings. The third kappa shape index (κ3) is 15.3. The molecule has 37 heavy (non-hydrogen) atoms. The molecule has 0 bridgehead atoms. The molecule has 13 heteroatoms. The van der Waals surface area contributed by atoms with Crippen molar-refractivity contribution in [1.29, 1.82) is 0 Å². The standard InChI is InChI=1S/C24H36N2O11/c1-14(28)3-5-16(22(32)33)12-18(30)7-9-20(24(36)37)26-21(31)10-4-15(13-27)11-17(29)6-8-19(25-2)23(34)35/h13,15-16,19-20,25H,3-12H2,1-2H3,(H,26,31)(H,32,33)(H,34,35)(H,36,37). The molecule has 0 aromatic heterocycles. The molecule has 0 heterocycles. The number of rotatable bonds is 22. The third-order valence-corrected chi connectivity index (χ3v) is 5.80. The molecule has 0 spiro atoms. The van der Waals surface area contributed by atoms with Crippen molar-refractivity contribution in [2.45, 2.75) is 83.2 Å². The number of carboxylic acid groups (broad SMARTS) is 3. The molecule has 0 fully saturated rings. The fourth-order valence-electron chi connectivity index (χ4n) is 3.52. The number of carbonyl (C=O) groups excluding carboxylic acids is 5. The average molecular weight is 529 g/mol. The van der Waals surface area contributed by atoms with Gasteiger partial charge in [-0.25, -0.2) is 4.79 Å². The molecular formula is C24H36N2O11. The lowest BCUT2D eigenvalue weighted by atomic mass is 9.93. The van der Waals surface area contributed by atoms with E-state index in [9.17, 15) is 48.6 Å². The Labute approximate surface area is 214 Å². The summed E-state index contributed by atoms with van der Waals surface area (Å²) in [6.07, 6.45) is -0.919. The molecule has 0 radical (unpaired) electrons. The minimum Gasteiger partial charge on any atom is -0.481 e. The van der Waals surface area contributed by atoms with E-state index in [-0.39, 0.29) is 75.8 Å². The van der Waals surface area contributed by atoms with Crippen LogP contribution in [0.15, 0.2) is 0 Å². The van der Waals surface area contributed by atoms with Crippen LogP contribution >= 0.6 is 0 Å². The predicted octanol–water partition coefficient (Wildman–Crippen LogP) is 0.373. The van der Waals surface area contributed by atoms with E-state index in [1.54, 1.807) is 0 Å². The van der Waals surface area contributed by atoms with Crippen LogP contribution in [0.4, 0.5) is 0 Å². The highest BCUT2D eigenvalue weighted by molar-refractivity contribution is 5.87. The van der Waals surface area contributed by atoms with Crippen molar-refractivity contribution in [3.05, 3.63) is 0 Å². The lowest BCUT2D eigenvalue weighted by Gasteiger charge is -2.16. The molecule has 4 unspecified atom stereocenters. The van der Waals surface area contributed by atoms with Gasteiger partial charge >= 0.3 is 17.9 Å². The molecule has 0 saturated heterocycles. The quantitative estimate of drug-likeness (QED) is 0.120. The van der Waals surface area contributed by atoms with Crippen molar-refractivity contribution in [2.75, 3.05) is 7.05 Å². The Bertz CT molecular complexity index is 856. The maximum absolute atomic E-state index is 12.2. The van der Waals surface area contributed by atoms with E-state index in [0.717, 1.165) is 0 Å². The average Bonchev–Trinajstić information content (AvgIpc) is 2.81. The Hall–Kier alpha value is -3.48. The summed E-state index contributed by atoms with van der Waals surface area (Å²) in [4.78, 5) is 92.5. The van der Waals surface area contributed by atoms with Gasteiger partial charge in [0.05, 0.1) is 5.92 Å². The van der Waals surface area contributed by atoms with E-state index >= 15 is 0 Å². The first kappa shape index (κ1) is 33.5. The first-order valence-electron chi connectivity index (χ1n) is 11.9. The second-order valence-electron chi connectivity index (χ2n) is 8.91. The summed E-state index contributed by atoms with van der Waals surface area (Å²) in [6, 6.07) is -2.32. The van der Waals surface area contributed by atoms with Crippen molar-refractivity contribution < 1.29 is 53.7 Å². The van der Waals surface area contributed by atoms with Crippen molar-refractivity contribution in [2.24, 2.45) is 11.8 Å². The van der Waals surface area contributed by atoms with E-state index in [2.05, 4.69) is 10.6 Å². The Morgan fingerprint density at radius 2 is 1.24 bits per heavy atom. The molecule has 13 nitrogen and oxygen atoms in total. The smallest absolute Gasteiger partial charge is 0.326 e. The Morgan fingerprint density at radius 3 is 1.70 bits per heavy atom. The van der Waals surface area contributed by atoms with Crippen LogP contribution in [0.3, 0.4) is 0 Å². The van der Waals surface area contributed by atoms with E-state index < -0.39 is 53.5 Å². The normalized spacial score (nSPS) is 14.0. The minimum atomic E-state index is -1.41. The highest BCUT2D eigenvalue weighted by atomic mass is 16.4. The number of nitrogens with one attached hydrogen (secondary N) is 2. The van der Waals surface area contributed by atoms with Crippen LogP contribution in [0, 0.1) is 11.8 Å². The maximum atomic E-state index is 12.2. The molecule has 5 N–H and O–H groups in total. The van der Waals surface area contributed by atoms with Crippen LogP contribution in [0.25, 0.3) is 0 Å². The zero-order valence-electron chi connectivity index (χ0n) is 21.1. The topological polar surface area (TPSA) is 221 Å². The second kappa shape index (κ2) is 17.9.